The lowest BCUT2D eigenvalue weighted by Crippen LogP contribution is -2.26. The van der Waals surface area contributed by atoms with Crippen molar-refractivity contribution in [2.24, 2.45) is 5.73 Å². The van der Waals surface area contributed by atoms with Gasteiger partial charge in [0.25, 0.3) is 5.69 Å². The minimum Gasteiger partial charge on any atom is -0.375 e. The van der Waals surface area contributed by atoms with Crippen LogP contribution in [0, 0.1) is 10.1 Å². The molecule has 124 valence electrons. The molecule has 7 heteroatoms. The van der Waals surface area contributed by atoms with Gasteiger partial charge in [-0.15, -0.1) is 0 Å². The molecule has 3 N–H and O–H groups in total. The number of rotatable bonds is 5. The number of nitrogens with one attached hydrogen (secondary N) is 1. The zero-order valence-electron chi connectivity index (χ0n) is 13.0. The number of hydrogen-bond acceptors (Lipinski definition) is 5. The molecule has 1 amide bonds. The van der Waals surface area contributed by atoms with E-state index in [2.05, 4.69) is 10.2 Å². The van der Waals surface area contributed by atoms with Crippen LogP contribution in [0.2, 0.25) is 0 Å². The van der Waals surface area contributed by atoms with E-state index < -0.39 is 10.8 Å². The molecule has 2 aromatic carbocycles. The average molecular weight is 326 g/mol. The van der Waals surface area contributed by atoms with Gasteiger partial charge in [0.2, 0.25) is 5.91 Å². The first-order valence-corrected chi connectivity index (χ1v) is 7.69. The Bertz CT molecular complexity index is 764. The lowest BCUT2D eigenvalue weighted by atomic mass is 10.1. The molecule has 3 rings (SSSR count). The normalized spacial score (nSPS) is 16.8. The first-order valence-electron chi connectivity index (χ1n) is 7.69. The van der Waals surface area contributed by atoms with E-state index in [4.69, 9.17) is 5.73 Å². The summed E-state index contributed by atoms with van der Waals surface area (Å²) in [6, 6.07) is 14.4. The van der Waals surface area contributed by atoms with Gasteiger partial charge in [-0.1, -0.05) is 18.2 Å². The Morgan fingerprint density at radius 3 is 2.67 bits per heavy atom. The van der Waals surface area contributed by atoms with E-state index in [9.17, 15) is 14.9 Å². The summed E-state index contributed by atoms with van der Waals surface area (Å²) in [7, 11) is 0. The largest absolute Gasteiger partial charge is 0.375 e. The average Bonchev–Trinajstić information content (AvgIpc) is 3.04. The number of nitrogens with zero attached hydrogens (tertiary/aromatic N) is 2. The highest BCUT2D eigenvalue weighted by atomic mass is 16.6. The standard InChI is InChI=1S/C17H18N4O3/c18-17(22)12-6-7-15(16(10-12)21(23)24)19-13-8-9-20(11-13)14-4-2-1-3-5-14/h1-7,10,13,19H,8-9,11H2,(H2,18,22). The van der Waals surface area contributed by atoms with Gasteiger partial charge in [0.1, 0.15) is 5.69 Å². The van der Waals surface area contributed by atoms with E-state index in [1.54, 1.807) is 6.07 Å². The number of benzene rings is 2. The van der Waals surface area contributed by atoms with Crippen molar-refractivity contribution in [3.8, 4) is 0 Å². The molecule has 1 atom stereocenters. The Balaban J connectivity index is 1.75. The fourth-order valence-electron chi connectivity index (χ4n) is 2.93. The monoisotopic (exact) mass is 326 g/mol. The van der Waals surface area contributed by atoms with Crippen molar-refractivity contribution < 1.29 is 9.72 Å². The van der Waals surface area contributed by atoms with E-state index in [0.717, 1.165) is 25.2 Å². The third kappa shape index (κ3) is 3.29. The van der Waals surface area contributed by atoms with Crippen molar-refractivity contribution in [3.63, 3.8) is 0 Å². The number of amides is 1. The van der Waals surface area contributed by atoms with Crippen LogP contribution >= 0.6 is 0 Å². The molecule has 24 heavy (non-hydrogen) atoms. The van der Waals surface area contributed by atoms with Crippen molar-refractivity contribution in [3.05, 3.63) is 64.2 Å². The molecular weight excluding hydrogens is 308 g/mol. The first kappa shape index (κ1) is 15.8. The fourth-order valence-corrected chi connectivity index (χ4v) is 2.93. The van der Waals surface area contributed by atoms with Crippen LogP contribution in [0.1, 0.15) is 16.8 Å². The van der Waals surface area contributed by atoms with E-state index >= 15 is 0 Å². The van der Waals surface area contributed by atoms with Crippen molar-refractivity contribution in [1.82, 2.24) is 0 Å². The van der Waals surface area contributed by atoms with Gasteiger partial charge in [-0.25, -0.2) is 0 Å². The highest BCUT2D eigenvalue weighted by molar-refractivity contribution is 5.94. The summed E-state index contributed by atoms with van der Waals surface area (Å²) in [5, 5.41) is 14.5. The van der Waals surface area contributed by atoms with Gasteiger partial charge in [-0.05, 0) is 30.7 Å². The molecule has 1 fully saturated rings. The number of hydrogen-bond donors (Lipinski definition) is 2. The topological polar surface area (TPSA) is 102 Å². The minimum atomic E-state index is -0.680. The Morgan fingerprint density at radius 2 is 2.00 bits per heavy atom. The van der Waals surface area contributed by atoms with E-state index in [0.29, 0.717) is 5.69 Å². The maximum absolute atomic E-state index is 11.3. The van der Waals surface area contributed by atoms with Gasteiger partial charge in [-0.2, -0.15) is 0 Å². The molecule has 1 heterocycles. The second kappa shape index (κ2) is 6.57. The van der Waals surface area contributed by atoms with Gasteiger partial charge in [0, 0.05) is 36.4 Å². The summed E-state index contributed by atoms with van der Waals surface area (Å²) >= 11 is 0. The highest BCUT2D eigenvalue weighted by Crippen LogP contribution is 2.28. The highest BCUT2D eigenvalue weighted by Gasteiger charge is 2.25. The number of nitrogens with two attached hydrogens (primary N) is 1. The maximum atomic E-state index is 11.3. The van der Waals surface area contributed by atoms with Crippen molar-refractivity contribution >= 4 is 23.0 Å². The number of anilines is 2. The van der Waals surface area contributed by atoms with Crippen LogP contribution in [0.15, 0.2) is 48.5 Å². The number of nitro benzene ring substituents is 1. The van der Waals surface area contributed by atoms with Crippen LogP contribution < -0.4 is 16.0 Å². The second-order valence-electron chi connectivity index (χ2n) is 5.76. The molecule has 0 radical (unpaired) electrons. The van der Waals surface area contributed by atoms with Crippen molar-refractivity contribution in [2.45, 2.75) is 12.5 Å². The predicted molar refractivity (Wildman–Crippen MR) is 92.3 cm³/mol. The molecular formula is C17H18N4O3. The number of carbonyl (C=O) groups is 1. The van der Waals surface area contributed by atoms with E-state index in [-0.39, 0.29) is 17.3 Å². The zero-order chi connectivity index (χ0) is 17.1. The summed E-state index contributed by atoms with van der Waals surface area (Å²) in [5.41, 5.74) is 6.73. The van der Waals surface area contributed by atoms with Gasteiger partial charge < -0.3 is 16.0 Å². The Kier molecular flexibility index (Phi) is 4.33. The van der Waals surface area contributed by atoms with Crippen LogP contribution in [0.3, 0.4) is 0 Å². The van der Waals surface area contributed by atoms with E-state index in [1.165, 1.54) is 12.1 Å². The maximum Gasteiger partial charge on any atom is 0.293 e. The molecule has 0 saturated carbocycles. The lowest BCUT2D eigenvalue weighted by molar-refractivity contribution is -0.384. The van der Waals surface area contributed by atoms with Gasteiger partial charge in [0.15, 0.2) is 0 Å². The molecule has 7 nitrogen and oxygen atoms in total. The summed E-state index contributed by atoms with van der Waals surface area (Å²) in [5.74, 6) is -0.680. The van der Waals surface area contributed by atoms with Crippen LogP contribution in [0.5, 0.6) is 0 Å². The number of carbonyl (C=O) groups excluding carboxylic acids is 1. The molecule has 0 bridgehead atoms. The first-order chi connectivity index (χ1) is 11.5. The molecule has 1 unspecified atom stereocenters. The zero-order valence-corrected chi connectivity index (χ0v) is 13.0. The van der Waals surface area contributed by atoms with Crippen LogP contribution in [0.25, 0.3) is 0 Å². The van der Waals surface area contributed by atoms with Crippen molar-refractivity contribution in [1.29, 1.82) is 0 Å². The Labute approximate surface area is 139 Å². The molecule has 1 aliphatic rings. The fraction of sp³-hybridized carbons (Fsp3) is 0.235. The Morgan fingerprint density at radius 1 is 1.25 bits per heavy atom. The van der Waals surface area contributed by atoms with Gasteiger partial charge >= 0.3 is 0 Å². The smallest absolute Gasteiger partial charge is 0.293 e. The summed E-state index contributed by atoms with van der Waals surface area (Å²) in [6.45, 7) is 1.65. The molecule has 0 spiro atoms. The molecule has 0 aliphatic carbocycles. The Hall–Kier alpha value is -3.09. The SMILES string of the molecule is NC(=O)c1ccc(NC2CCN(c3ccccc3)C2)c([N+](=O)[O-])c1. The lowest BCUT2D eigenvalue weighted by Gasteiger charge is -2.19. The van der Waals surface area contributed by atoms with Crippen LogP contribution in [-0.2, 0) is 0 Å². The van der Waals surface area contributed by atoms with Crippen LogP contribution in [-0.4, -0.2) is 30.0 Å². The molecule has 1 aliphatic heterocycles. The molecule has 2 aromatic rings. The van der Waals surface area contributed by atoms with Crippen molar-refractivity contribution in [2.75, 3.05) is 23.3 Å². The summed E-state index contributed by atoms with van der Waals surface area (Å²) in [6.07, 6.45) is 0.879. The second-order valence-corrected chi connectivity index (χ2v) is 5.76. The molecule has 1 saturated heterocycles. The molecule has 0 aromatic heterocycles. The summed E-state index contributed by atoms with van der Waals surface area (Å²) < 4.78 is 0. The third-order valence-corrected chi connectivity index (χ3v) is 4.15. The summed E-state index contributed by atoms with van der Waals surface area (Å²) in [4.78, 5) is 24.2. The van der Waals surface area contributed by atoms with E-state index in [1.807, 2.05) is 30.3 Å². The van der Waals surface area contributed by atoms with Crippen LogP contribution in [0.4, 0.5) is 17.1 Å². The van der Waals surface area contributed by atoms with Gasteiger partial charge in [-0.3, -0.25) is 14.9 Å². The number of para-hydroxylation sites is 1. The number of nitro groups is 1. The number of primary amides is 1. The third-order valence-electron chi connectivity index (χ3n) is 4.15. The quantitative estimate of drug-likeness (QED) is 0.649. The predicted octanol–water partition coefficient (Wildman–Crippen LogP) is 2.38. The van der Waals surface area contributed by atoms with Gasteiger partial charge in [0.05, 0.1) is 4.92 Å². The minimum absolute atomic E-state index is 0.100.